The van der Waals surface area contributed by atoms with Crippen molar-refractivity contribution in [2.75, 3.05) is 26.9 Å². The van der Waals surface area contributed by atoms with Crippen LogP contribution in [0.25, 0.3) is 0 Å². The van der Waals surface area contributed by atoms with Gasteiger partial charge in [0.25, 0.3) is 0 Å². The summed E-state index contributed by atoms with van der Waals surface area (Å²) in [5.74, 6) is 1.56. The van der Waals surface area contributed by atoms with Crippen LogP contribution in [0.3, 0.4) is 0 Å². The SMILES string of the molecule is COc1ccccc1OCC(O)CNC(CO)C(C)C. The molecule has 114 valence electrons. The molecule has 0 fully saturated rings. The lowest BCUT2D eigenvalue weighted by molar-refractivity contribution is 0.0948. The van der Waals surface area contributed by atoms with Gasteiger partial charge in [-0.1, -0.05) is 26.0 Å². The first-order valence-electron chi connectivity index (χ1n) is 6.86. The molecule has 0 saturated carbocycles. The van der Waals surface area contributed by atoms with Crippen molar-refractivity contribution in [1.29, 1.82) is 0 Å². The zero-order valence-electron chi connectivity index (χ0n) is 12.4. The van der Waals surface area contributed by atoms with Gasteiger partial charge in [0.05, 0.1) is 13.7 Å². The van der Waals surface area contributed by atoms with Crippen molar-refractivity contribution in [3.05, 3.63) is 24.3 Å². The molecule has 0 saturated heterocycles. The molecular formula is C15H25NO4. The first-order chi connectivity index (χ1) is 9.58. The number of nitrogens with one attached hydrogen (secondary N) is 1. The highest BCUT2D eigenvalue weighted by Crippen LogP contribution is 2.25. The second-order valence-electron chi connectivity index (χ2n) is 5.06. The number of benzene rings is 1. The Morgan fingerprint density at radius 2 is 1.85 bits per heavy atom. The van der Waals surface area contributed by atoms with Gasteiger partial charge in [0, 0.05) is 12.6 Å². The summed E-state index contributed by atoms with van der Waals surface area (Å²) in [5, 5.41) is 22.2. The molecule has 0 aliphatic carbocycles. The van der Waals surface area contributed by atoms with Gasteiger partial charge in [-0.3, -0.25) is 0 Å². The maximum atomic E-state index is 9.89. The van der Waals surface area contributed by atoms with Crippen molar-refractivity contribution in [1.82, 2.24) is 5.32 Å². The van der Waals surface area contributed by atoms with E-state index in [0.29, 0.717) is 24.0 Å². The first kappa shape index (κ1) is 16.8. The van der Waals surface area contributed by atoms with Gasteiger partial charge in [0.2, 0.25) is 0 Å². The quantitative estimate of drug-likeness (QED) is 0.632. The number of methoxy groups -OCH3 is 1. The van der Waals surface area contributed by atoms with Gasteiger partial charge >= 0.3 is 0 Å². The third-order valence-corrected chi connectivity index (χ3v) is 3.12. The van der Waals surface area contributed by atoms with Crippen LogP contribution >= 0.6 is 0 Å². The van der Waals surface area contributed by atoms with Crippen molar-refractivity contribution >= 4 is 0 Å². The number of hydrogen-bond acceptors (Lipinski definition) is 5. The molecule has 3 N–H and O–H groups in total. The summed E-state index contributed by atoms with van der Waals surface area (Å²) in [6, 6.07) is 7.29. The molecule has 2 unspecified atom stereocenters. The lowest BCUT2D eigenvalue weighted by atomic mass is 10.1. The van der Waals surface area contributed by atoms with E-state index in [2.05, 4.69) is 5.32 Å². The Balaban J connectivity index is 2.37. The van der Waals surface area contributed by atoms with E-state index < -0.39 is 6.10 Å². The Morgan fingerprint density at radius 1 is 1.20 bits per heavy atom. The highest BCUT2D eigenvalue weighted by Gasteiger charge is 2.14. The molecular weight excluding hydrogens is 258 g/mol. The van der Waals surface area contributed by atoms with Crippen LogP contribution in [0.2, 0.25) is 0 Å². The number of hydrogen-bond donors (Lipinski definition) is 3. The van der Waals surface area contributed by atoms with Crippen LogP contribution in [0, 0.1) is 5.92 Å². The lowest BCUT2D eigenvalue weighted by Crippen LogP contribution is -2.42. The summed E-state index contributed by atoms with van der Waals surface area (Å²) in [7, 11) is 1.58. The highest BCUT2D eigenvalue weighted by molar-refractivity contribution is 5.39. The van der Waals surface area contributed by atoms with E-state index in [4.69, 9.17) is 9.47 Å². The molecule has 0 radical (unpaired) electrons. The molecule has 0 aromatic heterocycles. The molecule has 1 aromatic rings. The largest absolute Gasteiger partial charge is 0.493 e. The van der Waals surface area contributed by atoms with Crippen LogP contribution in [-0.2, 0) is 0 Å². The molecule has 1 aromatic carbocycles. The summed E-state index contributed by atoms with van der Waals surface area (Å²) < 4.78 is 10.7. The van der Waals surface area contributed by atoms with Gasteiger partial charge in [-0.25, -0.2) is 0 Å². The zero-order valence-corrected chi connectivity index (χ0v) is 12.4. The molecule has 0 aliphatic rings. The van der Waals surface area contributed by atoms with E-state index in [0.717, 1.165) is 0 Å². The van der Waals surface area contributed by atoms with Crippen LogP contribution in [0.15, 0.2) is 24.3 Å². The minimum absolute atomic E-state index is 0.0177. The Morgan fingerprint density at radius 3 is 2.40 bits per heavy atom. The maximum absolute atomic E-state index is 9.89. The average molecular weight is 283 g/mol. The topological polar surface area (TPSA) is 71.0 Å². The van der Waals surface area contributed by atoms with Crippen molar-refractivity contribution in [3.63, 3.8) is 0 Å². The van der Waals surface area contributed by atoms with Crippen LogP contribution in [0.1, 0.15) is 13.8 Å². The van der Waals surface area contributed by atoms with Crippen molar-refractivity contribution < 1.29 is 19.7 Å². The fourth-order valence-corrected chi connectivity index (χ4v) is 1.78. The molecule has 20 heavy (non-hydrogen) atoms. The summed E-state index contributed by atoms with van der Waals surface area (Å²) in [6.45, 7) is 4.64. The Bertz CT molecular complexity index is 384. The van der Waals surface area contributed by atoms with Gasteiger partial charge in [-0.05, 0) is 18.1 Å². The van der Waals surface area contributed by atoms with Crippen molar-refractivity contribution in [2.45, 2.75) is 26.0 Å². The summed E-state index contributed by atoms with van der Waals surface area (Å²) in [6.07, 6.45) is -0.646. The third-order valence-electron chi connectivity index (χ3n) is 3.12. The number of rotatable bonds is 9. The van der Waals surface area contributed by atoms with E-state index in [1.54, 1.807) is 19.2 Å². The summed E-state index contributed by atoms with van der Waals surface area (Å²) >= 11 is 0. The number of aliphatic hydroxyl groups is 2. The molecule has 0 amide bonds. The molecule has 5 heteroatoms. The van der Waals surface area contributed by atoms with E-state index in [1.165, 1.54) is 0 Å². The van der Waals surface area contributed by atoms with Crippen molar-refractivity contribution in [2.24, 2.45) is 5.92 Å². The third kappa shape index (κ3) is 5.36. The van der Waals surface area contributed by atoms with Crippen LogP contribution in [0.4, 0.5) is 0 Å². The molecule has 0 bridgehead atoms. The Hall–Kier alpha value is -1.30. The molecule has 0 spiro atoms. The molecule has 1 rings (SSSR count). The van der Waals surface area contributed by atoms with E-state index in [-0.39, 0.29) is 19.3 Å². The minimum atomic E-state index is -0.646. The normalized spacial score (nSPS) is 14.1. The molecule has 0 heterocycles. The van der Waals surface area contributed by atoms with E-state index in [1.807, 2.05) is 26.0 Å². The standard InChI is InChI=1S/C15H25NO4/c1-11(2)13(9-17)16-8-12(18)10-20-15-7-5-4-6-14(15)19-3/h4-7,11-13,16-18H,8-10H2,1-3H3. The molecule has 2 atom stereocenters. The average Bonchev–Trinajstić information content (AvgIpc) is 2.45. The van der Waals surface area contributed by atoms with E-state index >= 15 is 0 Å². The number of aliphatic hydroxyl groups excluding tert-OH is 2. The van der Waals surface area contributed by atoms with Crippen LogP contribution in [0.5, 0.6) is 11.5 Å². The van der Waals surface area contributed by atoms with Crippen LogP contribution < -0.4 is 14.8 Å². The predicted octanol–water partition coefficient (Wildman–Crippen LogP) is 1.04. The van der Waals surface area contributed by atoms with Gasteiger partial charge in [-0.15, -0.1) is 0 Å². The van der Waals surface area contributed by atoms with Crippen LogP contribution in [-0.4, -0.2) is 49.2 Å². The Kier molecular flexibility index (Phi) is 7.36. The highest BCUT2D eigenvalue weighted by atomic mass is 16.5. The predicted molar refractivity (Wildman–Crippen MR) is 78.2 cm³/mol. The lowest BCUT2D eigenvalue weighted by Gasteiger charge is -2.22. The van der Waals surface area contributed by atoms with Gasteiger partial charge in [0.1, 0.15) is 12.7 Å². The van der Waals surface area contributed by atoms with E-state index in [9.17, 15) is 10.2 Å². The zero-order chi connectivity index (χ0) is 15.0. The fraction of sp³-hybridized carbons (Fsp3) is 0.600. The minimum Gasteiger partial charge on any atom is -0.493 e. The second kappa shape index (κ2) is 8.79. The van der Waals surface area contributed by atoms with Crippen molar-refractivity contribution in [3.8, 4) is 11.5 Å². The second-order valence-corrected chi connectivity index (χ2v) is 5.06. The first-order valence-corrected chi connectivity index (χ1v) is 6.86. The summed E-state index contributed by atoms with van der Waals surface area (Å²) in [5.41, 5.74) is 0. The maximum Gasteiger partial charge on any atom is 0.161 e. The Labute approximate surface area is 120 Å². The monoisotopic (exact) mass is 283 g/mol. The van der Waals surface area contributed by atoms with Gasteiger partial charge in [-0.2, -0.15) is 0 Å². The number of para-hydroxylation sites is 2. The molecule has 5 nitrogen and oxygen atoms in total. The van der Waals surface area contributed by atoms with Gasteiger partial charge < -0.3 is 25.0 Å². The van der Waals surface area contributed by atoms with Gasteiger partial charge in [0.15, 0.2) is 11.5 Å². The summed E-state index contributed by atoms with van der Waals surface area (Å²) in [4.78, 5) is 0. The smallest absolute Gasteiger partial charge is 0.161 e. The number of ether oxygens (including phenoxy) is 2. The fourth-order valence-electron chi connectivity index (χ4n) is 1.78. The molecule has 0 aliphatic heterocycles.